The molecule has 0 radical (unpaired) electrons. The minimum atomic E-state index is 0.208. The van der Waals surface area contributed by atoms with E-state index in [9.17, 15) is 4.79 Å². The van der Waals surface area contributed by atoms with Gasteiger partial charge in [0.05, 0.1) is 5.51 Å². The molecule has 84 valence electrons. The Hall–Kier alpha value is -0.700. The van der Waals surface area contributed by atoms with Crippen molar-refractivity contribution in [3.05, 3.63) is 16.6 Å². The third-order valence-electron chi connectivity index (χ3n) is 2.74. The van der Waals surface area contributed by atoms with Gasteiger partial charge < -0.3 is 0 Å². The Morgan fingerprint density at radius 2 is 2.33 bits per heavy atom. The number of Topliss-reactive ketones (excluding diaryl/α,β-unsaturated/α-hetero) is 1. The van der Waals surface area contributed by atoms with Crippen molar-refractivity contribution in [2.75, 3.05) is 0 Å². The topological polar surface area (TPSA) is 30.0 Å². The van der Waals surface area contributed by atoms with E-state index in [0.29, 0.717) is 18.0 Å². The van der Waals surface area contributed by atoms with E-state index in [1.165, 1.54) is 30.6 Å². The first kappa shape index (κ1) is 12.4. The lowest BCUT2D eigenvalue weighted by Gasteiger charge is -2.12. The predicted molar refractivity (Wildman–Crippen MR) is 64.4 cm³/mol. The molecule has 0 N–H and O–H groups in total. The van der Waals surface area contributed by atoms with E-state index < -0.39 is 0 Å². The first-order valence-electron chi connectivity index (χ1n) is 5.69. The van der Waals surface area contributed by atoms with Crippen LogP contribution in [0.15, 0.2) is 10.9 Å². The van der Waals surface area contributed by atoms with Gasteiger partial charge in [-0.1, -0.05) is 39.5 Å². The van der Waals surface area contributed by atoms with Crippen molar-refractivity contribution in [3.63, 3.8) is 0 Å². The maximum absolute atomic E-state index is 11.8. The molecule has 1 unspecified atom stereocenters. The minimum Gasteiger partial charge on any atom is -0.292 e. The van der Waals surface area contributed by atoms with Gasteiger partial charge in [0.1, 0.15) is 5.69 Å². The fourth-order valence-electron chi connectivity index (χ4n) is 1.66. The third-order valence-corrected chi connectivity index (χ3v) is 3.32. The Balaban J connectivity index is 2.41. The van der Waals surface area contributed by atoms with E-state index in [4.69, 9.17) is 0 Å². The molecular weight excluding hydrogens is 206 g/mol. The highest BCUT2D eigenvalue weighted by atomic mass is 32.1. The van der Waals surface area contributed by atoms with E-state index >= 15 is 0 Å². The number of ketones is 1. The highest BCUT2D eigenvalue weighted by Gasteiger charge is 2.14. The molecule has 0 amide bonds. The molecule has 1 aromatic rings. The lowest BCUT2D eigenvalue weighted by Crippen LogP contribution is -2.08. The van der Waals surface area contributed by atoms with Crippen LogP contribution in [0.4, 0.5) is 0 Å². The summed E-state index contributed by atoms with van der Waals surface area (Å²) in [7, 11) is 0. The molecule has 3 heteroatoms. The van der Waals surface area contributed by atoms with Gasteiger partial charge in [-0.05, 0) is 5.92 Å². The summed E-state index contributed by atoms with van der Waals surface area (Å²) in [6.45, 7) is 4.35. The molecule has 15 heavy (non-hydrogen) atoms. The quantitative estimate of drug-likeness (QED) is 0.658. The molecule has 2 nitrogen and oxygen atoms in total. The summed E-state index contributed by atoms with van der Waals surface area (Å²) in [6, 6.07) is 0. The largest absolute Gasteiger partial charge is 0.292 e. The summed E-state index contributed by atoms with van der Waals surface area (Å²) in [5.74, 6) is 0.748. The van der Waals surface area contributed by atoms with Crippen LogP contribution < -0.4 is 0 Å². The summed E-state index contributed by atoms with van der Waals surface area (Å²) < 4.78 is 0. The van der Waals surface area contributed by atoms with Gasteiger partial charge in [-0.25, -0.2) is 4.98 Å². The number of unbranched alkanes of at least 4 members (excludes halogenated alkanes) is 1. The molecule has 0 aromatic carbocycles. The molecular formula is C12H19NOS. The number of rotatable bonds is 7. The van der Waals surface area contributed by atoms with Crippen LogP contribution in [-0.4, -0.2) is 10.8 Å². The average Bonchev–Trinajstić information content (AvgIpc) is 2.77. The second-order valence-corrected chi connectivity index (χ2v) is 4.64. The molecule has 0 spiro atoms. The molecule has 0 fully saturated rings. The summed E-state index contributed by atoms with van der Waals surface area (Å²) in [5.41, 5.74) is 2.37. The van der Waals surface area contributed by atoms with E-state index in [2.05, 4.69) is 18.8 Å². The van der Waals surface area contributed by atoms with Crippen LogP contribution in [0.2, 0.25) is 0 Å². The Morgan fingerprint density at radius 1 is 1.53 bits per heavy atom. The normalized spacial score (nSPS) is 12.7. The highest BCUT2D eigenvalue weighted by molar-refractivity contribution is 7.07. The van der Waals surface area contributed by atoms with Crippen molar-refractivity contribution in [3.8, 4) is 0 Å². The van der Waals surface area contributed by atoms with Crippen molar-refractivity contribution < 1.29 is 4.79 Å². The lowest BCUT2D eigenvalue weighted by molar-refractivity contribution is 0.0953. The standard InChI is InChI=1S/C12H19NOS/c1-3-5-6-10(4-2)7-12(14)11-8-15-9-13-11/h8-10H,3-7H2,1-2H3. The SMILES string of the molecule is CCCCC(CC)CC(=O)c1cscn1. The van der Waals surface area contributed by atoms with Crippen LogP contribution >= 0.6 is 11.3 Å². The zero-order chi connectivity index (χ0) is 11.1. The Morgan fingerprint density at radius 3 is 2.87 bits per heavy atom. The van der Waals surface area contributed by atoms with Gasteiger partial charge in [-0.2, -0.15) is 0 Å². The summed E-state index contributed by atoms with van der Waals surface area (Å²) in [5, 5.41) is 1.84. The van der Waals surface area contributed by atoms with Crippen molar-refractivity contribution in [2.45, 2.75) is 46.0 Å². The van der Waals surface area contributed by atoms with Crippen LogP contribution in [0.25, 0.3) is 0 Å². The Labute approximate surface area is 95.7 Å². The highest BCUT2D eigenvalue weighted by Crippen LogP contribution is 2.19. The molecule has 1 atom stereocenters. The molecule has 0 saturated heterocycles. The van der Waals surface area contributed by atoms with Gasteiger partial charge in [0, 0.05) is 11.8 Å². The maximum Gasteiger partial charge on any atom is 0.182 e. The minimum absolute atomic E-state index is 0.208. The molecule has 0 bridgehead atoms. The lowest BCUT2D eigenvalue weighted by atomic mass is 9.93. The predicted octanol–water partition coefficient (Wildman–Crippen LogP) is 3.93. The summed E-state index contributed by atoms with van der Waals surface area (Å²) in [6.07, 6.45) is 5.36. The number of thiazole rings is 1. The zero-order valence-corrected chi connectivity index (χ0v) is 10.3. The van der Waals surface area contributed by atoms with E-state index in [1.54, 1.807) is 5.51 Å². The summed E-state index contributed by atoms with van der Waals surface area (Å²) >= 11 is 1.49. The third kappa shape index (κ3) is 4.12. The first-order chi connectivity index (χ1) is 7.27. The van der Waals surface area contributed by atoms with Crippen LogP contribution in [0, 0.1) is 5.92 Å². The molecule has 1 rings (SSSR count). The van der Waals surface area contributed by atoms with E-state index in [1.807, 2.05) is 5.38 Å². The van der Waals surface area contributed by atoms with Gasteiger partial charge >= 0.3 is 0 Å². The van der Waals surface area contributed by atoms with Crippen molar-refractivity contribution in [1.29, 1.82) is 0 Å². The number of carbonyl (C=O) groups excluding carboxylic acids is 1. The molecule has 0 aliphatic carbocycles. The summed E-state index contributed by atoms with van der Waals surface area (Å²) in [4.78, 5) is 15.8. The second-order valence-electron chi connectivity index (χ2n) is 3.92. The van der Waals surface area contributed by atoms with Crippen molar-refractivity contribution in [1.82, 2.24) is 4.98 Å². The Kier molecular flexibility index (Phi) is 5.54. The average molecular weight is 225 g/mol. The van der Waals surface area contributed by atoms with E-state index in [0.717, 1.165) is 6.42 Å². The fraction of sp³-hybridized carbons (Fsp3) is 0.667. The van der Waals surface area contributed by atoms with Gasteiger partial charge in [-0.15, -0.1) is 11.3 Å². The smallest absolute Gasteiger partial charge is 0.182 e. The van der Waals surface area contributed by atoms with Crippen molar-refractivity contribution in [2.24, 2.45) is 5.92 Å². The number of hydrogen-bond acceptors (Lipinski definition) is 3. The van der Waals surface area contributed by atoms with Crippen molar-refractivity contribution >= 4 is 17.1 Å². The van der Waals surface area contributed by atoms with Gasteiger partial charge in [0.15, 0.2) is 5.78 Å². The van der Waals surface area contributed by atoms with Crippen LogP contribution in [0.3, 0.4) is 0 Å². The number of aromatic nitrogens is 1. The Bertz CT molecular complexity index is 282. The first-order valence-corrected chi connectivity index (χ1v) is 6.63. The monoisotopic (exact) mass is 225 g/mol. The van der Waals surface area contributed by atoms with E-state index in [-0.39, 0.29) is 5.78 Å². The molecule has 0 saturated carbocycles. The second kappa shape index (κ2) is 6.72. The van der Waals surface area contributed by atoms with Gasteiger partial charge in [0.2, 0.25) is 0 Å². The molecule has 1 aromatic heterocycles. The number of nitrogens with zero attached hydrogens (tertiary/aromatic N) is 1. The maximum atomic E-state index is 11.8. The number of carbonyl (C=O) groups is 1. The van der Waals surface area contributed by atoms with Crippen LogP contribution in [-0.2, 0) is 0 Å². The fourth-order valence-corrected chi connectivity index (χ4v) is 2.22. The van der Waals surface area contributed by atoms with Crippen LogP contribution in [0.1, 0.15) is 56.4 Å². The van der Waals surface area contributed by atoms with Crippen LogP contribution in [0.5, 0.6) is 0 Å². The molecule has 1 heterocycles. The van der Waals surface area contributed by atoms with Gasteiger partial charge in [0.25, 0.3) is 0 Å². The number of hydrogen-bond donors (Lipinski definition) is 0. The zero-order valence-electron chi connectivity index (χ0n) is 9.53. The van der Waals surface area contributed by atoms with Gasteiger partial charge in [-0.3, -0.25) is 4.79 Å². The molecule has 0 aliphatic rings. The molecule has 0 aliphatic heterocycles.